The minimum Gasteiger partial charge on any atom is -0.360 e. The number of nitriles is 1. The van der Waals surface area contributed by atoms with Crippen LogP contribution in [-0.2, 0) is 4.79 Å². The molecule has 28 heavy (non-hydrogen) atoms. The van der Waals surface area contributed by atoms with Gasteiger partial charge in [0.25, 0.3) is 5.91 Å². The Labute approximate surface area is 172 Å². The third-order valence-corrected chi connectivity index (χ3v) is 7.51. The van der Waals surface area contributed by atoms with Crippen LogP contribution in [0.1, 0.15) is 51.0 Å². The van der Waals surface area contributed by atoms with Gasteiger partial charge in [-0.25, -0.2) is 0 Å². The van der Waals surface area contributed by atoms with Crippen molar-refractivity contribution < 1.29 is 4.79 Å². The molecule has 1 unspecified atom stereocenters. The maximum Gasteiger partial charge on any atom is 0.263 e. The number of rotatable bonds is 5. The second-order valence-electron chi connectivity index (χ2n) is 9.25. The fourth-order valence-corrected chi connectivity index (χ4v) is 6.45. The van der Waals surface area contributed by atoms with Crippen molar-refractivity contribution in [1.29, 1.82) is 5.26 Å². The first-order valence-corrected chi connectivity index (χ1v) is 10.7. The van der Waals surface area contributed by atoms with E-state index >= 15 is 0 Å². The van der Waals surface area contributed by atoms with E-state index < -0.39 is 0 Å². The van der Waals surface area contributed by atoms with Crippen molar-refractivity contribution in [3.63, 3.8) is 0 Å². The molecule has 5 rings (SSSR count). The normalized spacial score (nSPS) is 31.9. The largest absolute Gasteiger partial charge is 0.360 e. The lowest BCUT2D eigenvalue weighted by Gasteiger charge is -2.59. The maximum atomic E-state index is 12.8. The zero-order valence-electron chi connectivity index (χ0n) is 16.6. The van der Waals surface area contributed by atoms with Gasteiger partial charge in [0, 0.05) is 23.0 Å². The predicted molar refractivity (Wildman–Crippen MR) is 112 cm³/mol. The molecule has 0 spiro atoms. The molecule has 148 valence electrons. The van der Waals surface area contributed by atoms with Gasteiger partial charge in [0.05, 0.1) is 0 Å². The molecule has 4 saturated carbocycles. The first kappa shape index (κ1) is 19.3. The number of amides is 1. The molecule has 4 fully saturated rings. The molecule has 4 nitrogen and oxygen atoms in total. The Kier molecular flexibility index (Phi) is 5.14. The van der Waals surface area contributed by atoms with Crippen molar-refractivity contribution in [3.05, 3.63) is 40.6 Å². The van der Waals surface area contributed by atoms with Gasteiger partial charge in [0.2, 0.25) is 0 Å². The number of carbonyl (C=O) groups is 1. The minimum atomic E-state index is -0.287. The van der Waals surface area contributed by atoms with E-state index in [0.29, 0.717) is 5.02 Å². The molecule has 5 heteroatoms. The third kappa shape index (κ3) is 3.65. The number of hydrogen-bond donors (Lipinski definition) is 2. The van der Waals surface area contributed by atoms with E-state index in [0.717, 1.165) is 29.0 Å². The van der Waals surface area contributed by atoms with Crippen LogP contribution in [0.25, 0.3) is 0 Å². The molecule has 1 aromatic rings. The molecule has 1 aromatic carbocycles. The molecule has 0 aliphatic heterocycles. The minimum absolute atomic E-state index is 0.0995. The number of benzene rings is 1. The van der Waals surface area contributed by atoms with E-state index in [1.807, 2.05) is 25.1 Å². The maximum absolute atomic E-state index is 12.8. The molecule has 4 bridgehead atoms. The number of aryl methyl sites for hydroxylation is 1. The van der Waals surface area contributed by atoms with Gasteiger partial charge in [-0.05, 0) is 99.3 Å². The fourth-order valence-electron chi connectivity index (χ4n) is 6.22. The highest BCUT2D eigenvalue weighted by atomic mass is 35.5. The molecule has 0 heterocycles. The topological polar surface area (TPSA) is 64.9 Å². The highest BCUT2D eigenvalue weighted by molar-refractivity contribution is 6.30. The quantitative estimate of drug-likeness (QED) is 0.530. The summed E-state index contributed by atoms with van der Waals surface area (Å²) in [6.07, 6.45) is 9.34. The van der Waals surface area contributed by atoms with Crippen LogP contribution in [0.2, 0.25) is 5.02 Å². The van der Waals surface area contributed by atoms with Gasteiger partial charge in [0.15, 0.2) is 0 Å². The first-order chi connectivity index (χ1) is 13.4. The van der Waals surface area contributed by atoms with Crippen molar-refractivity contribution in [2.75, 3.05) is 5.32 Å². The lowest BCUT2D eigenvalue weighted by molar-refractivity contribution is -0.122. The Balaban J connectivity index is 1.43. The molecular formula is C23H28ClN3O. The average molecular weight is 398 g/mol. The standard InChI is InChI=1S/C23H28ClN3O/c1-14-5-20(24)3-4-21(14)26-13-19(12-25)22(28)27-15(2)23-9-16-6-17(10-23)8-18(7-16)11-23/h3-5,13,15-18,26H,6-11H2,1-2H3,(H,27,28)/b19-13-. The number of nitrogens with one attached hydrogen (secondary N) is 2. The van der Waals surface area contributed by atoms with Gasteiger partial charge in [-0.2, -0.15) is 5.26 Å². The van der Waals surface area contributed by atoms with Gasteiger partial charge < -0.3 is 10.6 Å². The smallest absolute Gasteiger partial charge is 0.263 e. The van der Waals surface area contributed by atoms with Crippen LogP contribution in [0.4, 0.5) is 5.69 Å². The Morgan fingerprint density at radius 2 is 1.86 bits per heavy atom. The summed E-state index contributed by atoms with van der Waals surface area (Å²) in [6, 6.07) is 7.62. The Bertz CT molecular complexity index is 819. The predicted octanol–water partition coefficient (Wildman–Crippen LogP) is 5.19. The molecule has 4 aliphatic rings. The van der Waals surface area contributed by atoms with Crippen molar-refractivity contribution in [1.82, 2.24) is 5.32 Å². The van der Waals surface area contributed by atoms with Crippen molar-refractivity contribution in [2.45, 2.75) is 58.4 Å². The molecule has 4 aliphatic carbocycles. The van der Waals surface area contributed by atoms with E-state index in [1.165, 1.54) is 44.7 Å². The van der Waals surface area contributed by atoms with E-state index in [2.05, 4.69) is 17.6 Å². The number of nitrogens with zero attached hydrogens (tertiary/aromatic N) is 1. The number of anilines is 1. The second-order valence-corrected chi connectivity index (χ2v) is 9.68. The van der Waals surface area contributed by atoms with Gasteiger partial charge in [-0.1, -0.05) is 11.6 Å². The van der Waals surface area contributed by atoms with Crippen LogP contribution in [-0.4, -0.2) is 11.9 Å². The van der Waals surface area contributed by atoms with Crippen molar-refractivity contribution in [3.8, 4) is 6.07 Å². The summed E-state index contributed by atoms with van der Waals surface area (Å²) in [5, 5.41) is 16.4. The lowest BCUT2D eigenvalue weighted by Crippen LogP contribution is -2.56. The van der Waals surface area contributed by atoms with Crippen LogP contribution in [0.5, 0.6) is 0 Å². The average Bonchev–Trinajstić information content (AvgIpc) is 2.62. The van der Waals surface area contributed by atoms with E-state index in [-0.39, 0.29) is 22.9 Å². The summed E-state index contributed by atoms with van der Waals surface area (Å²) < 4.78 is 0. The zero-order chi connectivity index (χ0) is 19.9. The molecule has 0 saturated heterocycles. The van der Waals surface area contributed by atoms with Gasteiger partial charge in [-0.15, -0.1) is 0 Å². The van der Waals surface area contributed by atoms with Gasteiger partial charge >= 0.3 is 0 Å². The highest BCUT2D eigenvalue weighted by Crippen LogP contribution is 2.61. The lowest BCUT2D eigenvalue weighted by atomic mass is 9.48. The Hall–Kier alpha value is -1.99. The summed E-state index contributed by atoms with van der Waals surface area (Å²) in [7, 11) is 0. The fraction of sp³-hybridized carbons (Fsp3) is 0.565. The molecule has 2 N–H and O–H groups in total. The molecule has 1 atom stereocenters. The monoisotopic (exact) mass is 397 g/mol. The van der Waals surface area contributed by atoms with Crippen LogP contribution < -0.4 is 10.6 Å². The van der Waals surface area contributed by atoms with Crippen LogP contribution in [0.3, 0.4) is 0 Å². The summed E-state index contributed by atoms with van der Waals surface area (Å²) in [5.74, 6) is 2.23. The first-order valence-electron chi connectivity index (χ1n) is 10.3. The SMILES string of the molecule is Cc1cc(Cl)ccc1N/C=C(/C#N)C(=O)NC(C)C12CC3CC(CC(C3)C1)C2. The molecular weight excluding hydrogens is 370 g/mol. The summed E-state index contributed by atoms with van der Waals surface area (Å²) in [6.45, 7) is 4.07. The summed E-state index contributed by atoms with van der Waals surface area (Å²) in [5.41, 5.74) is 2.12. The van der Waals surface area contributed by atoms with E-state index in [4.69, 9.17) is 11.6 Å². The number of carbonyl (C=O) groups excluding carboxylic acids is 1. The number of hydrogen-bond acceptors (Lipinski definition) is 3. The van der Waals surface area contributed by atoms with E-state index in [9.17, 15) is 10.1 Å². The molecule has 0 radical (unpaired) electrons. The third-order valence-electron chi connectivity index (χ3n) is 7.28. The van der Waals surface area contributed by atoms with Crippen LogP contribution >= 0.6 is 11.6 Å². The Morgan fingerprint density at radius 1 is 1.25 bits per heavy atom. The number of halogens is 1. The van der Waals surface area contributed by atoms with Gasteiger partial charge in [0.1, 0.15) is 11.6 Å². The summed E-state index contributed by atoms with van der Waals surface area (Å²) >= 11 is 5.98. The summed E-state index contributed by atoms with van der Waals surface area (Å²) in [4.78, 5) is 12.8. The molecule has 0 aromatic heterocycles. The van der Waals surface area contributed by atoms with Crippen LogP contribution in [0, 0.1) is 41.4 Å². The second kappa shape index (κ2) is 7.44. The zero-order valence-corrected chi connectivity index (χ0v) is 17.4. The Morgan fingerprint density at radius 3 is 2.39 bits per heavy atom. The van der Waals surface area contributed by atoms with Crippen molar-refractivity contribution >= 4 is 23.2 Å². The van der Waals surface area contributed by atoms with Gasteiger partial charge in [-0.3, -0.25) is 4.79 Å². The van der Waals surface area contributed by atoms with Crippen molar-refractivity contribution in [2.24, 2.45) is 23.2 Å². The highest BCUT2D eigenvalue weighted by Gasteiger charge is 2.53. The molecule has 1 amide bonds. The van der Waals surface area contributed by atoms with E-state index in [1.54, 1.807) is 6.07 Å². The van der Waals surface area contributed by atoms with Crippen LogP contribution in [0.15, 0.2) is 30.0 Å².